The Morgan fingerprint density at radius 1 is 1.50 bits per heavy atom. The van der Waals surface area contributed by atoms with Gasteiger partial charge in [-0.1, -0.05) is 0 Å². The Bertz CT molecular complexity index is 489. The molecular formula is C16H28N4O2. The molecule has 6 heteroatoms. The second-order valence-electron chi connectivity index (χ2n) is 6.93. The van der Waals surface area contributed by atoms with E-state index in [2.05, 4.69) is 22.7 Å². The first-order valence-electron chi connectivity index (χ1n) is 8.09. The normalized spacial score (nSPS) is 16.4. The number of aromatic nitrogens is 2. The molecule has 0 aliphatic heterocycles. The van der Waals surface area contributed by atoms with Crippen LogP contribution in [-0.4, -0.2) is 34.1 Å². The van der Waals surface area contributed by atoms with Crippen molar-refractivity contribution in [3.63, 3.8) is 0 Å². The molecule has 1 atom stereocenters. The number of carbonyl (C=O) groups is 1. The first-order valence-corrected chi connectivity index (χ1v) is 8.09. The van der Waals surface area contributed by atoms with E-state index < -0.39 is 5.60 Å². The minimum atomic E-state index is -0.458. The van der Waals surface area contributed by atoms with Gasteiger partial charge in [-0.15, -0.1) is 0 Å². The Kier molecular flexibility index (Phi) is 5.45. The molecule has 6 nitrogen and oxygen atoms in total. The first kappa shape index (κ1) is 16.8. The van der Waals surface area contributed by atoms with E-state index in [-0.39, 0.29) is 12.1 Å². The van der Waals surface area contributed by atoms with Crippen LogP contribution in [0, 0.1) is 5.92 Å². The van der Waals surface area contributed by atoms with Crippen molar-refractivity contribution in [2.75, 3.05) is 6.54 Å². The van der Waals surface area contributed by atoms with Gasteiger partial charge in [-0.25, -0.2) is 4.79 Å². The van der Waals surface area contributed by atoms with Gasteiger partial charge in [-0.3, -0.25) is 4.68 Å². The molecule has 1 unspecified atom stereocenters. The number of ether oxygens (including phenoxy) is 1. The summed E-state index contributed by atoms with van der Waals surface area (Å²) in [4.78, 5) is 11.9. The third kappa shape index (κ3) is 5.67. The maximum absolute atomic E-state index is 11.9. The number of rotatable bonds is 7. The largest absolute Gasteiger partial charge is 0.444 e. The van der Waals surface area contributed by atoms with E-state index in [0.29, 0.717) is 5.92 Å². The van der Waals surface area contributed by atoms with Gasteiger partial charge in [0.25, 0.3) is 0 Å². The first-order chi connectivity index (χ1) is 10.4. The van der Waals surface area contributed by atoms with Gasteiger partial charge < -0.3 is 15.4 Å². The van der Waals surface area contributed by atoms with Crippen molar-refractivity contribution in [2.24, 2.45) is 5.92 Å². The molecule has 1 fully saturated rings. The molecule has 1 amide bonds. The Labute approximate surface area is 132 Å². The molecule has 1 aliphatic carbocycles. The number of hydrogen-bond acceptors (Lipinski definition) is 4. The standard InChI is InChI=1S/C16H28N4O2/c1-5-20-11-12(9-18-20)8-17-10-14(13-6-7-13)19-15(21)22-16(2,3)4/h9,11,13-14,17H,5-8,10H2,1-4H3,(H,19,21). The highest BCUT2D eigenvalue weighted by molar-refractivity contribution is 5.68. The Morgan fingerprint density at radius 2 is 2.23 bits per heavy atom. The zero-order valence-electron chi connectivity index (χ0n) is 14.1. The minimum absolute atomic E-state index is 0.135. The number of nitrogens with one attached hydrogen (secondary N) is 2. The van der Waals surface area contributed by atoms with Gasteiger partial charge in [0.05, 0.1) is 6.20 Å². The van der Waals surface area contributed by atoms with E-state index in [0.717, 1.165) is 25.2 Å². The van der Waals surface area contributed by atoms with Crippen molar-refractivity contribution < 1.29 is 9.53 Å². The number of carbonyl (C=O) groups excluding carboxylic acids is 1. The van der Waals surface area contributed by atoms with Crippen LogP contribution < -0.4 is 10.6 Å². The second-order valence-corrected chi connectivity index (χ2v) is 6.93. The smallest absolute Gasteiger partial charge is 0.407 e. The summed E-state index contributed by atoms with van der Waals surface area (Å²) in [6, 6.07) is 0.135. The monoisotopic (exact) mass is 308 g/mol. The molecule has 22 heavy (non-hydrogen) atoms. The summed E-state index contributed by atoms with van der Waals surface area (Å²) in [5.74, 6) is 0.568. The topological polar surface area (TPSA) is 68.2 Å². The summed E-state index contributed by atoms with van der Waals surface area (Å²) in [5, 5.41) is 10.7. The van der Waals surface area contributed by atoms with Crippen molar-refractivity contribution >= 4 is 6.09 Å². The molecule has 0 aromatic carbocycles. The average Bonchev–Trinajstić information content (AvgIpc) is 3.15. The lowest BCUT2D eigenvalue weighted by molar-refractivity contribution is 0.0497. The number of alkyl carbamates (subject to hydrolysis) is 1. The van der Waals surface area contributed by atoms with E-state index in [1.54, 1.807) is 0 Å². The highest BCUT2D eigenvalue weighted by Crippen LogP contribution is 2.32. The van der Waals surface area contributed by atoms with Crippen LogP contribution in [0.1, 0.15) is 46.1 Å². The lowest BCUT2D eigenvalue weighted by atomic mass is 10.2. The maximum atomic E-state index is 11.9. The van der Waals surface area contributed by atoms with Crippen molar-refractivity contribution in [1.29, 1.82) is 0 Å². The van der Waals surface area contributed by atoms with Gasteiger partial charge in [0, 0.05) is 37.4 Å². The number of amides is 1. The van der Waals surface area contributed by atoms with Crippen LogP contribution in [0.4, 0.5) is 4.79 Å². The molecule has 0 bridgehead atoms. The Balaban J connectivity index is 1.76. The van der Waals surface area contributed by atoms with Crippen molar-refractivity contribution in [1.82, 2.24) is 20.4 Å². The van der Waals surface area contributed by atoms with E-state index >= 15 is 0 Å². The lowest BCUT2D eigenvalue weighted by Crippen LogP contribution is -2.45. The highest BCUT2D eigenvalue weighted by atomic mass is 16.6. The van der Waals surface area contributed by atoms with Gasteiger partial charge >= 0.3 is 6.09 Å². The van der Waals surface area contributed by atoms with Gasteiger partial charge in [0.2, 0.25) is 0 Å². The van der Waals surface area contributed by atoms with E-state index in [1.807, 2.05) is 37.8 Å². The molecule has 0 saturated heterocycles. The van der Waals surface area contributed by atoms with Crippen LogP contribution in [0.2, 0.25) is 0 Å². The summed E-state index contributed by atoms with van der Waals surface area (Å²) < 4.78 is 7.25. The summed E-state index contributed by atoms with van der Waals surface area (Å²) in [6.45, 7) is 10.1. The molecule has 1 heterocycles. The molecule has 0 spiro atoms. The summed E-state index contributed by atoms with van der Waals surface area (Å²) in [7, 11) is 0. The van der Waals surface area contributed by atoms with Crippen LogP contribution >= 0.6 is 0 Å². The fraction of sp³-hybridized carbons (Fsp3) is 0.750. The fourth-order valence-electron chi connectivity index (χ4n) is 2.34. The van der Waals surface area contributed by atoms with Gasteiger partial charge in [0.15, 0.2) is 0 Å². The summed E-state index contributed by atoms with van der Waals surface area (Å²) >= 11 is 0. The molecule has 124 valence electrons. The summed E-state index contributed by atoms with van der Waals surface area (Å²) in [6.07, 6.45) is 5.95. The van der Waals surface area contributed by atoms with Crippen LogP contribution in [-0.2, 0) is 17.8 Å². The van der Waals surface area contributed by atoms with E-state index in [9.17, 15) is 4.79 Å². The quantitative estimate of drug-likeness (QED) is 0.811. The molecule has 1 aromatic heterocycles. The average molecular weight is 308 g/mol. The third-order valence-electron chi connectivity index (χ3n) is 3.60. The molecule has 1 saturated carbocycles. The molecule has 2 rings (SSSR count). The highest BCUT2D eigenvalue weighted by Gasteiger charge is 2.33. The fourth-order valence-corrected chi connectivity index (χ4v) is 2.34. The van der Waals surface area contributed by atoms with Crippen LogP contribution in [0.5, 0.6) is 0 Å². The molecule has 2 N–H and O–H groups in total. The number of hydrogen-bond donors (Lipinski definition) is 2. The molecule has 1 aliphatic rings. The van der Waals surface area contributed by atoms with Crippen LogP contribution in [0.25, 0.3) is 0 Å². The van der Waals surface area contributed by atoms with E-state index in [1.165, 1.54) is 12.8 Å². The predicted octanol–water partition coefficient (Wildman–Crippen LogP) is 2.30. The maximum Gasteiger partial charge on any atom is 0.407 e. The molecule has 1 aromatic rings. The number of nitrogens with zero attached hydrogens (tertiary/aromatic N) is 2. The van der Waals surface area contributed by atoms with Gasteiger partial charge in [-0.05, 0) is 46.5 Å². The van der Waals surface area contributed by atoms with E-state index in [4.69, 9.17) is 4.74 Å². The third-order valence-corrected chi connectivity index (χ3v) is 3.60. The van der Waals surface area contributed by atoms with Crippen LogP contribution in [0.3, 0.4) is 0 Å². The zero-order valence-corrected chi connectivity index (χ0v) is 14.1. The predicted molar refractivity (Wildman–Crippen MR) is 85.5 cm³/mol. The minimum Gasteiger partial charge on any atom is -0.444 e. The lowest BCUT2D eigenvalue weighted by Gasteiger charge is -2.23. The van der Waals surface area contributed by atoms with Crippen molar-refractivity contribution in [2.45, 2.75) is 65.3 Å². The van der Waals surface area contributed by atoms with Gasteiger partial charge in [0.1, 0.15) is 5.60 Å². The molecular weight excluding hydrogens is 280 g/mol. The Hall–Kier alpha value is -1.56. The van der Waals surface area contributed by atoms with Crippen molar-refractivity contribution in [3.8, 4) is 0 Å². The molecule has 0 radical (unpaired) electrons. The zero-order chi connectivity index (χ0) is 16.2. The SMILES string of the molecule is CCn1cc(CNCC(NC(=O)OC(C)(C)C)C2CC2)cn1. The van der Waals surface area contributed by atoms with Gasteiger partial charge in [-0.2, -0.15) is 5.10 Å². The van der Waals surface area contributed by atoms with Crippen LogP contribution in [0.15, 0.2) is 12.4 Å². The van der Waals surface area contributed by atoms with Crippen molar-refractivity contribution in [3.05, 3.63) is 18.0 Å². The second kappa shape index (κ2) is 7.13. The Morgan fingerprint density at radius 3 is 2.77 bits per heavy atom. The summed E-state index contributed by atoms with van der Waals surface area (Å²) in [5.41, 5.74) is 0.703. The number of aryl methyl sites for hydroxylation is 1.